The smallest absolute Gasteiger partial charge is 0.294 e. The van der Waals surface area contributed by atoms with Crippen molar-refractivity contribution < 1.29 is 18.8 Å². The van der Waals surface area contributed by atoms with Gasteiger partial charge in [0.15, 0.2) is 0 Å². The Labute approximate surface area is 215 Å². The summed E-state index contributed by atoms with van der Waals surface area (Å²) in [5.41, 5.74) is 2.21. The minimum atomic E-state index is -0.636. The monoisotopic (exact) mass is 512 g/mol. The molecule has 0 spiro atoms. The highest BCUT2D eigenvalue weighted by molar-refractivity contribution is 6.45. The molecule has 2 aromatic carbocycles. The third kappa shape index (κ3) is 4.88. The van der Waals surface area contributed by atoms with E-state index < -0.39 is 11.7 Å². The summed E-state index contributed by atoms with van der Waals surface area (Å²) in [6.45, 7) is 5.85. The molecule has 1 aliphatic heterocycles. The lowest BCUT2D eigenvalue weighted by Crippen LogP contribution is -2.57. The molecule has 0 N–H and O–H groups in total. The second-order valence-electron chi connectivity index (χ2n) is 9.74. The number of fused-ring (bicyclic) bond motifs is 1. The summed E-state index contributed by atoms with van der Waals surface area (Å²) in [5, 5.41) is 0.807. The van der Waals surface area contributed by atoms with E-state index in [0.717, 1.165) is 5.56 Å². The van der Waals surface area contributed by atoms with Crippen molar-refractivity contribution in [3.8, 4) is 0 Å². The molecule has 2 heterocycles. The number of ketones is 1. The molecule has 0 saturated carbocycles. The van der Waals surface area contributed by atoms with Crippen LogP contribution in [0.15, 0.2) is 42.6 Å². The first kappa shape index (κ1) is 25.9. The third-order valence-electron chi connectivity index (χ3n) is 6.83. The second-order valence-corrected chi connectivity index (χ2v) is 10.2. The number of hydrogen-bond acceptors (Lipinski definition) is 4. The molecule has 0 bridgehead atoms. The van der Waals surface area contributed by atoms with Gasteiger partial charge in [0.2, 0.25) is 0 Å². The Morgan fingerprint density at radius 2 is 1.69 bits per heavy atom. The summed E-state index contributed by atoms with van der Waals surface area (Å²) in [6, 6.07) is 9.74. The van der Waals surface area contributed by atoms with Crippen LogP contribution in [0.3, 0.4) is 0 Å². The van der Waals surface area contributed by atoms with E-state index in [2.05, 4.69) is 11.8 Å². The molecule has 0 unspecified atom stereocenters. The van der Waals surface area contributed by atoms with E-state index in [9.17, 15) is 18.8 Å². The molecule has 1 aromatic heterocycles. The number of hydrogen-bond donors (Lipinski definition) is 0. The highest BCUT2D eigenvalue weighted by Gasteiger charge is 2.34. The molecule has 7 nitrogen and oxygen atoms in total. The first-order valence-electron chi connectivity index (χ1n) is 11.8. The second kappa shape index (κ2) is 10.0. The Morgan fingerprint density at radius 3 is 2.33 bits per heavy atom. The van der Waals surface area contributed by atoms with E-state index in [4.69, 9.17) is 11.6 Å². The summed E-state index contributed by atoms with van der Waals surface area (Å²) < 4.78 is 15.0. The van der Waals surface area contributed by atoms with Gasteiger partial charge in [-0.2, -0.15) is 0 Å². The maximum atomic E-state index is 13.7. The zero-order valence-corrected chi connectivity index (χ0v) is 21.8. The first-order valence-corrected chi connectivity index (χ1v) is 12.2. The van der Waals surface area contributed by atoms with Gasteiger partial charge in [0.25, 0.3) is 17.6 Å². The van der Waals surface area contributed by atoms with Crippen molar-refractivity contribution in [2.75, 3.05) is 27.2 Å². The van der Waals surface area contributed by atoms with Gasteiger partial charge in [-0.15, -0.1) is 0 Å². The van der Waals surface area contributed by atoms with E-state index >= 15 is 0 Å². The summed E-state index contributed by atoms with van der Waals surface area (Å²) >= 11 is 6.56. The first-order chi connectivity index (χ1) is 17.0. The van der Waals surface area contributed by atoms with Crippen LogP contribution in [0.25, 0.3) is 10.9 Å². The van der Waals surface area contributed by atoms with Gasteiger partial charge >= 0.3 is 0 Å². The number of aromatic nitrogens is 1. The van der Waals surface area contributed by atoms with E-state index in [1.165, 1.54) is 31.1 Å². The molecular weight excluding hydrogens is 483 g/mol. The Bertz CT molecular complexity index is 1340. The number of Topliss-reactive ketones (excluding diaryl/α,β-unsaturated/α-hetero) is 1. The van der Waals surface area contributed by atoms with Crippen LogP contribution in [-0.4, -0.2) is 76.1 Å². The minimum Gasteiger partial charge on any atom is -0.350 e. The molecule has 1 aliphatic rings. The topological polar surface area (TPSA) is 65.9 Å². The van der Waals surface area contributed by atoms with Crippen molar-refractivity contribution in [2.45, 2.75) is 32.5 Å². The molecular formula is C27H30ClFN4O3. The van der Waals surface area contributed by atoms with Gasteiger partial charge in [-0.3, -0.25) is 19.3 Å². The van der Waals surface area contributed by atoms with Crippen molar-refractivity contribution in [1.29, 1.82) is 0 Å². The molecule has 4 rings (SSSR count). The maximum Gasteiger partial charge on any atom is 0.294 e. The average molecular weight is 513 g/mol. The van der Waals surface area contributed by atoms with Gasteiger partial charge in [-0.1, -0.05) is 23.7 Å². The Morgan fingerprint density at radius 1 is 1.03 bits per heavy atom. The minimum absolute atomic E-state index is 0.0734. The quantitative estimate of drug-likeness (QED) is 0.383. The van der Waals surface area contributed by atoms with Gasteiger partial charge in [0.1, 0.15) is 5.82 Å². The van der Waals surface area contributed by atoms with Crippen LogP contribution >= 0.6 is 11.6 Å². The summed E-state index contributed by atoms with van der Waals surface area (Å²) in [4.78, 5) is 44.1. The largest absolute Gasteiger partial charge is 0.350 e. The molecule has 36 heavy (non-hydrogen) atoms. The Kier molecular flexibility index (Phi) is 7.20. The van der Waals surface area contributed by atoms with Gasteiger partial charge < -0.3 is 14.4 Å². The van der Waals surface area contributed by atoms with Crippen LogP contribution in [0.1, 0.15) is 40.1 Å². The molecule has 190 valence electrons. The number of rotatable bonds is 5. The van der Waals surface area contributed by atoms with Crippen molar-refractivity contribution in [3.05, 3.63) is 70.1 Å². The fourth-order valence-corrected chi connectivity index (χ4v) is 4.99. The van der Waals surface area contributed by atoms with Crippen molar-refractivity contribution in [1.82, 2.24) is 19.3 Å². The molecule has 1 fully saturated rings. The summed E-state index contributed by atoms with van der Waals surface area (Å²) in [5.74, 6) is -1.75. The van der Waals surface area contributed by atoms with Gasteiger partial charge in [0.05, 0.1) is 21.7 Å². The highest BCUT2D eigenvalue weighted by atomic mass is 35.5. The molecule has 0 radical (unpaired) electrons. The van der Waals surface area contributed by atoms with Gasteiger partial charge in [-0.05, 0) is 43.7 Å². The molecule has 1 saturated heterocycles. The number of nitrogens with zero attached hydrogens (tertiary/aromatic N) is 4. The molecule has 3 aromatic rings. The van der Waals surface area contributed by atoms with Crippen molar-refractivity contribution >= 4 is 40.1 Å². The van der Waals surface area contributed by atoms with Gasteiger partial charge in [0, 0.05) is 64.4 Å². The Hall–Kier alpha value is -3.23. The van der Waals surface area contributed by atoms with Crippen LogP contribution in [0, 0.1) is 5.82 Å². The fourth-order valence-electron chi connectivity index (χ4n) is 4.75. The van der Waals surface area contributed by atoms with Crippen molar-refractivity contribution in [3.63, 3.8) is 0 Å². The maximum absolute atomic E-state index is 13.7. The van der Waals surface area contributed by atoms with Crippen LogP contribution in [-0.2, 0) is 18.4 Å². The predicted molar refractivity (Wildman–Crippen MR) is 138 cm³/mol. The standard InChI is InChI=1S/C27H30ClFN4O3/c1-16-13-33(17(2)12-32(16)14-18-6-8-19(29)9-7-18)26(35)21-10-20-22(25(34)27(36)30(3)4)15-31(5)24(20)11-23(21)28/h6-11,15-17H,12-14H2,1-5H3/t16-,17-/m0/s1. The number of carbonyl (C=O) groups is 3. The number of amides is 2. The number of likely N-dealkylation sites (N-methyl/N-ethyl adjacent to an activating group) is 1. The molecule has 9 heteroatoms. The van der Waals surface area contributed by atoms with E-state index in [1.54, 1.807) is 47.0 Å². The SMILES string of the molecule is C[C@H]1CN(C(=O)c2cc3c(C(=O)C(=O)N(C)C)cn(C)c3cc2Cl)[C@@H](C)CN1Cc1ccc(F)cc1. The third-order valence-corrected chi connectivity index (χ3v) is 7.14. The van der Waals surface area contributed by atoms with Gasteiger partial charge in [-0.25, -0.2) is 4.39 Å². The summed E-state index contributed by atoms with van der Waals surface area (Å²) in [6.07, 6.45) is 1.60. The molecule has 2 amide bonds. The predicted octanol–water partition coefficient (Wildman–Crippen LogP) is 3.98. The number of piperazine rings is 1. The highest BCUT2D eigenvalue weighted by Crippen LogP contribution is 2.30. The Balaban J connectivity index is 1.60. The van der Waals surface area contributed by atoms with E-state index in [-0.39, 0.29) is 29.4 Å². The average Bonchev–Trinajstić information content (AvgIpc) is 3.15. The van der Waals surface area contributed by atoms with Crippen LogP contribution in [0.2, 0.25) is 5.02 Å². The lowest BCUT2D eigenvalue weighted by Gasteiger charge is -2.44. The van der Waals surface area contributed by atoms with Crippen LogP contribution in [0.5, 0.6) is 0 Å². The van der Waals surface area contributed by atoms with E-state index in [0.29, 0.717) is 41.1 Å². The van der Waals surface area contributed by atoms with Crippen LogP contribution < -0.4 is 0 Å². The number of halogens is 2. The van der Waals surface area contributed by atoms with E-state index in [1.807, 2.05) is 6.92 Å². The number of carbonyl (C=O) groups excluding carboxylic acids is 3. The molecule has 0 aliphatic carbocycles. The lowest BCUT2D eigenvalue weighted by molar-refractivity contribution is -0.124. The zero-order valence-electron chi connectivity index (χ0n) is 21.1. The normalized spacial score (nSPS) is 18.5. The zero-order chi connectivity index (χ0) is 26.3. The molecule has 2 atom stereocenters. The van der Waals surface area contributed by atoms with Crippen molar-refractivity contribution in [2.24, 2.45) is 7.05 Å². The number of aryl methyl sites for hydroxylation is 1. The fraction of sp³-hybridized carbons (Fsp3) is 0.370. The lowest BCUT2D eigenvalue weighted by atomic mass is 10.0. The number of benzene rings is 2. The van der Waals surface area contributed by atoms with Crippen LogP contribution in [0.4, 0.5) is 4.39 Å². The summed E-state index contributed by atoms with van der Waals surface area (Å²) in [7, 11) is 4.81.